The number of nitrogens with zero attached hydrogens (tertiary/aromatic N) is 1. The van der Waals surface area contributed by atoms with Crippen molar-refractivity contribution in [1.29, 1.82) is 0 Å². The lowest BCUT2D eigenvalue weighted by Gasteiger charge is -2.20. The van der Waals surface area contributed by atoms with E-state index in [1.807, 2.05) is 0 Å². The quantitative estimate of drug-likeness (QED) is 0.615. The molecule has 1 fully saturated rings. The highest BCUT2D eigenvalue weighted by atomic mass is 19.1. The Morgan fingerprint density at radius 3 is 2.86 bits per heavy atom. The Labute approximate surface area is 83.0 Å². The highest BCUT2D eigenvalue weighted by Gasteiger charge is 2.37. The number of ether oxygens (including phenoxy) is 2. The second-order valence-electron chi connectivity index (χ2n) is 3.36. The number of methoxy groups -OCH3 is 2. The Hall–Kier alpha value is -0.680. The van der Waals surface area contributed by atoms with E-state index in [-0.39, 0.29) is 12.4 Å². The summed E-state index contributed by atoms with van der Waals surface area (Å²) in [6.45, 7) is 1.36. The van der Waals surface area contributed by atoms with E-state index in [2.05, 4.69) is 4.74 Å². The summed E-state index contributed by atoms with van der Waals surface area (Å²) in [6.07, 6.45) is -0.702. The van der Waals surface area contributed by atoms with Gasteiger partial charge in [-0.15, -0.1) is 0 Å². The molecule has 0 aliphatic carbocycles. The van der Waals surface area contributed by atoms with Crippen LogP contribution < -0.4 is 0 Å². The fourth-order valence-corrected chi connectivity index (χ4v) is 1.68. The molecule has 0 amide bonds. The predicted molar refractivity (Wildman–Crippen MR) is 48.8 cm³/mol. The molecule has 1 aliphatic heterocycles. The first-order chi connectivity index (χ1) is 6.69. The van der Waals surface area contributed by atoms with E-state index in [9.17, 15) is 9.18 Å². The van der Waals surface area contributed by atoms with Gasteiger partial charge in [-0.25, -0.2) is 4.39 Å². The first-order valence-electron chi connectivity index (χ1n) is 4.64. The highest BCUT2D eigenvalue weighted by Crippen LogP contribution is 2.20. The number of halogens is 1. The summed E-state index contributed by atoms with van der Waals surface area (Å²) in [7, 11) is 2.90. The summed E-state index contributed by atoms with van der Waals surface area (Å²) in [5.41, 5.74) is 0. The molecule has 0 unspecified atom stereocenters. The number of carbonyl (C=O) groups is 1. The van der Waals surface area contributed by atoms with Gasteiger partial charge < -0.3 is 9.47 Å². The van der Waals surface area contributed by atoms with Crippen LogP contribution in [-0.2, 0) is 14.3 Å². The van der Waals surface area contributed by atoms with Crippen molar-refractivity contribution < 1.29 is 18.7 Å². The molecule has 0 aromatic carbocycles. The first kappa shape index (κ1) is 11.4. The molecular weight excluding hydrogens is 189 g/mol. The van der Waals surface area contributed by atoms with Gasteiger partial charge >= 0.3 is 5.97 Å². The number of esters is 1. The Morgan fingerprint density at radius 2 is 2.29 bits per heavy atom. The van der Waals surface area contributed by atoms with Gasteiger partial charge in [-0.1, -0.05) is 0 Å². The fourth-order valence-electron chi connectivity index (χ4n) is 1.68. The summed E-state index contributed by atoms with van der Waals surface area (Å²) in [4.78, 5) is 13.0. The topological polar surface area (TPSA) is 38.8 Å². The normalized spacial score (nSPS) is 27.9. The van der Waals surface area contributed by atoms with Crippen LogP contribution in [0.25, 0.3) is 0 Å². The molecule has 14 heavy (non-hydrogen) atoms. The van der Waals surface area contributed by atoms with E-state index in [4.69, 9.17) is 4.74 Å². The maximum atomic E-state index is 13.1. The van der Waals surface area contributed by atoms with Crippen LogP contribution in [0.2, 0.25) is 0 Å². The van der Waals surface area contributed by atoms with Crippen LogP contribution in [0.1, 0.15) is 6.42 Å². The Kier molecular flexibility index (Phi) is 4.28. The van der Waals surface area contributed by atoms with Crippen LogP contribution in [0.4, 0.5) is 4.39 Å². The first-order valence-corrected chi connectivity index (χ1v) is 4.64. The van der Waals surface area contributed by atoms with Crippen molar-refractivity contribution in [2.45, 2.75) is 18.6 Å². The molecule has 4 nitrogen and oxygen atoms in total. The zero-order chi connectivity index (χ0) is 10.6. The average molecular weight is 205 g/mol. The molecule has 0 N–H and O–H groups in total. The molecule has 1 aliphatic rings. The summed E-state index contributed by atoms with van der Waals surface area (Å²) in [5.74, 6) is -0.360. The molecule has 1 rings (SSSR count). The molecule has 1 saturated heterocycles. The van der Waals surface area contributed by atoms with Gasteiger partial charge in [-0.05, 0) is 0 Å². The highest BCUT2D eigenvalue weighted by molar-refractivity contribution is 5.76. The number of likely N-dealkylation sites (tertiary alicyclic amines) is 1. The molecule has 0 aromatic rings. The van der Waals surface area contributed by atoms with Gasteiger partial charge in [0.25, 0.3) is 0 Å². The van der Waals surface area contributed by atoms with Crippen LogP contribution in [0, 0.1) is 0 Å². The van der Waals surface area contributed by atoms with Crippen molar-refractivity contribution >= 4 is 5.97 Å². The van der Waals surface area contributed by atoms with Crippen molar-refractivity contribution in [3.8, 4) is 0 Å². The van der Waals surface area contributed by atoms with Gasteiger partial charge in [0.1, 0.15) is 12.2 Å². The van der Waals surface area contributed by atoms with Gasteiger partial charge in [0.15, 0.2) is 0 Å². The van der Waals surface area contributed by atoms with E-state index in [0.717, 1.165) is 0 Å². The zero-order valence-electron chi connectivity index (χ0n) is 8.53. The molecule has 5 heteroatoms. The molecule has 0 spiro atoms. The van der Waals surface area contributed by atoms with Crippen LogP contribution >= 0.6 is 0 Å². The minimum Gasteiger partial charge on any atom is -0.468 e. The SMILES string of the molecule is COCCN1C[C@H](F)C[C@H]1C(=O)OC. The number of rotatable bonds is 4. The summed E-state index contributed by atoms with van der Waals surface area (Å²) in [6, 6.07) is -0.440. The van der Waals surface area contributed by atoms with Crippen LogP contribution in [0.15, 0.2) is 0 Å². The second-order valence-corrected chi connectivity index (χ2v) is 3.36. The Balaban J connectivity index is 2.49. The van der Waals surface area contributed by atoms with Gasteiger partial charge in [0, 0.05) is 26.6 Å². The van der Waals surface area contributed by atoms with Crippen LogP contribution in [0.3, 0.4) is 0 Å². The minimum absolute atomic E-state index is 0.233. The Morgan fingerprint density at radius 1 is 1.57 bits per heavy atom. The molecule has 0 saturated carbocycles. The monoisotopic (exact) mass is 205 g/mol. The molecule has 0 radical (unpaired) electrons. The maximum Gasteiger partial charge on any atom is 0.323 e. The third-order valence-electron chi connectivity index (χ3n) is 2.41. The Bertz CT molecular complexity index is 200. The van der Waals surface area contributed by atoms with Crippen molar-refractivity contribution in [1.82, 2.24) is 4.90 Å². The molecular formula is C9H16FNO3. The molecule has 82 valence electrons. The lowest BCUT2D eigenvalue weighted by Crippen LogP contribution is -2.38. The van der Waals surface area contributed by atoms with Crippen molar-refractivity contribution in [2.75, 3.05) is 33.9 Å². The molecule has 0 bridgehead atoms. The summed E-state index contributed by atoms with van der Waals surface area (Å²) < 4.78 is 22.5. The van der Waals surface area contributed by atoms with E-state index >= 15 is 0 Å². The minimum atomic E-state index is -0.934. The third-order valence-corrected chi connectivity index (χ3v) is 2.41. The fraction of sp³-hybridized carbons (Fsp3) is 0.889. The average Bonchev–Trinajstić information content (AvgIpc) is 2.55. The van der Waals surface area contributed by atoms with Gasteiger partial charge in [-0.3, -0.25) is 9.69 Å². The maximum absolute atomic E-state index is 13.1. The van der Waals surface area contributed by atoms with Crippen molar-refractivity contribution in [3.63, 3.8) is 0 Å². The lowest BCUT2D eigenvalue weighted by molar-refractivity contribution is -0.146. The summed E-state index contributed by atoms with van der Waals surface area (Å²) in [5, 5.41) is 0. The number of hydrogen-bond acceptors (Lipinski definition) is 4. The van der Waals surface area contributed by atoms with E-state index in [1.165, 1.54) is 7.11 Å². The molecule has 2 atom stereocenters. The third kappa shape index (κ3) is 2.65. The van der Waals surface area contributed by atoms with Gasteiger partial charge in [0.2, 0.25) is 0 Å². The molecule has 0 aromatic heterocycles. The number of alkyl halides is 1. The smallest absolute Gasteiger partial charge is 0.323 e. The van der Waals surface area contributed by atoms with Gasteiger partial charge in [-0.2, -0.15) is 0 Å². The number of hydrogen-bond donors (Lipinski definition) is 0. The lowest BCUT2D eigenvalue weighted by atomic mass is 10.2. The van der Waals surface area contributed by atoms with E-state index < -0.39 is 12.2 Å². The van der Waals surface area contributed by atoms with E-state index in [1.54, 1.807) is 12.0 Å². The van der Waals surface area contributed by atoms with Crippen molar-refractivity contribution in [3.05, 3.63) is 0 Å². The van der Waals surface area contributed by atoms with E-state index in [0.29, 0.717) is 19.7 Å². The van der Waals surface area contributed by atoms with Crippen LogP contribution in [-0.4, -0.2) is 57.0 Å². The summed E-state index contributed by atoms with van der Waals surface area (Å²) >= 11 is 0. The molecule has 1 heterocycles. The second kappa shape index (κ2) is 5.26. The predicted octanol–water partition coefficient (Wildman–Crippen LogP) is 0.218. The van der Waals surface area contributed by atoms with Gasteiger partial charge in [0.05, 0.1) is 13.7 Å². The van der Waals surface area contributed by atoms with Crippen LogP contribution in [0.5, 0.6) is 0 Å². The number of carbonyl (C=O) groups excluding carboxylic acids is 1. The standard InChI is InChI=1S/C9H16FNO3/c1-13-4-3-11-6-7(10)5-8(11)9(12)14-2/h7-8H,3-6H2,1-2H3/t7-,8+/m1/s1. The van der Waals surface area contributed by atoms with Crippen molar-refractivity contribution in [2.24, 2.45) is 0 Å². The zero-order valence-corrected chi connectivity index (χ0v) is 8.53. The largest absolute Gasteiger partial charge is 0.468 e.